The van der Waals surface area contributed by atoms with Gasteiger partial charge in [-0.15, -0.1) is 11.3 Å². The number of ether oxygens (including phenoxy) is 1. The van der Waals surface area contributed by atoms with Gasteiger partial charge in [0.1, 0.15) is 10.4 Å². The summed E-state index contributed by atoms with van der Waals surface area (Å²) in [4.78, 5) is 36.6. The molecule has 0 spiro atoms. The summed E-state index contributed by atoms with van der Waals surface area (Å²) in [6, 6.07) is 1.63. The topological polar surface area (TPSA) is 67.2 Å². The number of pyridine rings is 2. The normalized spacial score (nSPS) is 15.9. The smallest absolute Gasteiger partial charge is 0.345 e. The van der Waals surface area contributed by atoms with Gasteiger partial charge >= 0.3 is 5.97 Å². The molecular formula is C27H32ClFN4O3S. The van der Waals surface area contributed by atoms with Crippen molar-refractivity contribution in [3.63, 3.8) is 0 Å². The predicted octanol–water partition coefficient (Wildman–Crippen LogP) is 5.47. The molecule has 0 atom stereocenters. The fourth-order valence-electron chi connectivity index (χ4n) is 4.66. The van der Waals surface area contributed by atoms with Crippen molar-refractivity contribution in [2.24, 2.45) is 0 Å². The molecule has 10 heteroatoms. The molecule has 0 unspecified atom stereocenters. The van der Waals surface area contributed by atoms with E-state index in [0.717, 1.165) is 23.7 Å². The van der Waals surface area contributed by atoms with Gasteiger partial charge in [0, 0.05) is 54.2 Å². The summed E-state index contributed by atoms with van der Waals surface area (Å²) in [6.45, 7) is 13.0. The molecular weight excluding hydrogens is 515 g/mol. The van der Waals surface area contributed by atoms with Crippen LogP contribution in [0, 0.1) is 5.82 Å². The first-order chi connectivity index (χ1) is 17.8. The average molecular weight is 547 g/mol. The predicted molar refractivity (Wildman–Crippen MR) is 150 cm³/mol. The zero-order chi connectivity index (χ0) is 26.9. The third-order valence-electron chi connectivity index (χ3n) is 6.51. The zero-order valence-electron chi connectivity index (χ0n) is 21.8. The third-order valence-corrected chi connectivity index (χ3v) is 7.96. The molecule has 4 heterocycles. The van der Waals surface area contributed by atoms with Crippen molar-refractivity contribution in [2.45, 2.75) is 47.1 Å². The van der Waals surface area contributed by atoms with E-state index in [0.29, 0.717) is 41.1 Å². The van der Waals surface area contributed by atoms with Crippen LogP contribution in [-0.4, -0.2) is 59.1 Å². The van der Waals surface area contributed by atoms with Gasteiger partial charge in [-0.25, -0.2) is 14.2 Å². The van der Waals surface area contributed by atoms with Gasteiger partial charge in [0.15, 0.2) is 17.3 Å². The van der Waals surface area contributed by atoms with Crippen LogP contribution in [0.3, 0.4) is 0 Å². The maximum Gasteiger partial charge on any atom is 0.345 e. The first-order valence-electron chi connectivity index (χ1n) is 12.7. The number of halogens is 2. The minimum atomic E-state index is -0.722. The molecule has 1 saturated heterocycles. The Morgan fingerprint density at radius 3 is 2.57 bits per heavy atom. The molecule has 0 N–H and O–H groups in total. The van der Waals surface area contributed by atoms with Crippen molar-refractivity contribution in [2.75, 3.05) is 37.7 Å². The quantitative estimate of drug-likeness (QED) is 0.404. The number of hydrogen-bond donors (Lipinski definition) is 0. The number of esters is 1. The lowest BCUT2D eigenvalue weighted by atomic mass is 10.1. The van der Waals surface area contributed by atoms with Crippen LogP contribution < -0.4 is 10.3 Å². The second-order valence-corrected chi connectivity index (χ2v) is 10.4. The number of carbonyl (C=O) groups excluding carboxylic acids is 1. The Morgan fingerprint density at radius 1 is 1.22 bits per heavy atom. The summed E-state index contributed by atoms with van der Waals surface area (Å²) in [5.41, 5.74) is 0.496. The van der Waals surface area contributed by atoms with Crippen molar-refractivity contribution < 1.29 is 13.9 Å². The number of aromatic nitrogens is 2. The van der Waals surface area contributed by atoms with Crippen molar-refractivity contribution in [3.05, 3.63) is 55.4 Å². The van der Waals surface area contributed by atoms with E-state index < -0.39 is 17.2 Å². The molecule has 0 aromatic carbocycles. The summed E-state index contributed by atoms with van der Waals surface area (Å²) < 4.78 is 22.4. The lowest BCUT2D eigenvalue weighted by Crippen LogP contribution is -2.49. The number of hydrogen-bond acceptors (Lipinski definition) is 7. The van der Waals surface area contributed by atoms with Gasteiger partial charge in [-0.05, 0) is 39.0 Å². The fraction of sp³-hybridized carbons (Fsp3) is 0.444. The fourth-order valence-corrected chi connectivity index (χ4v) is 6.01. The summed E-state index contributed by atoms with van der Waals surface area (Å²) in [6.07, 6.45) is 5.97. The van der Waals surface area contributed by atoms with Gasteiger partial charge in [-0.2, -0.15) is 0 Å². The zero-order valence-corrected chi connectivity index (χ0v) is 23.4. The molecule has 2 aliphatic rings. The maximum atomic E-state index is 15.4. The molecule has 0 radical (unpaired) electrons. The SMILES string of the molecule is CC.CCOC(=O)c1c(=O)c2cc(F)c(N3CCN(C(C)C)CC3)nc2n2c3c(sc12)C=CC(Cl)=CC3. The lowest BCUT2D eigenvalue weighted by Gasteiger charge is -2.37. The molecule has 3 aromatic rings. The molecule has 0 saturated carbocycles. The van der Waals surface area contributed by atoms with Crippen LogP contribution in [0.2, 0.25) is 0 Å². The Labute approximate surface area is 224 Å². The van der Waals surface area contributed by atoms with Crippen molar-refractivity contribution in [1.29, 1.82) is 0 Å². The molecule has 3 aromatic heterocycles. The molecule has 0 amide bonds. The summed E-state index contributed by atoms with van der Waals surface area (Å²) in [7, 11) is 0. The highest BCUT2D eigenvalue weighted by Crippen LogP contribution is 2.34. The van der Waals surface area contributed by atoms with Crippen LogP contribution in [-0.2, 0) is 11.2 Å². The minimum Gasteiger partial charge on any atom is -0.462 e. The minimum absolute atomic E-state index is 0.0523. The summed E-state index contributed by atoms with van der Waals surface area (Å²) >= 11 is 7.54. The van der Waals surface area contributed by atoms with Gasteiger partial charge in [0.2, 0.25) is 5.43 Å². The summed E-state index contributed by atoms with van der Waals surface area (Å²) in [5.74, 6) is -1.08. The second-order valence-electron chi connectivity index (χ2n) is 8.89. The Kier molecular flexibility index (Phi) is 8.36. The van der Waals surface area contributed by atoms with Crippen LogP contribution in [0.5, 0.6) is 0 Å². The van der Waals surface area contributed by atoms with Crippen LogP contribution >= 0.6 is 22.9 Å². The van der Waals surface area contributed by atoms with E-state index >= 15 is 4.39 Å². The number of piperazine rings is 1. The van der Waals surface area contributed by atoms with Gasteiger partial charge in [-0.1, -0.05) is 31.5 Å². The van der Waals surface area contributed by atoms with E-state index in [1.54, 1.807) is 17.4 Å². The molecule has 37 heavy (non-hydrogen) atoms. The molecule has 1 fully saturated rings. The second kappa shape index (κ2) is 11.3. The Bertz CT molecular complexity index is 1450. The number of rotatable bonds is 4. The van der Waals surface area contributed by atoms with Crippen molar-refractivity contribution in [3.8, 4) is 0 Å². The van der Waals surface area contributed by atoms with E-state index in [9.17, 15) is 9.59 Å². The van der Waals surface area contributed by atoms with E-state index in [1.807, 2.05) is 30.9 Å². The Hall–Kier alpha value is -2.75. The van der Waals surface area contributed by atoms with E-state index in [4.69, 9.17) is 21.3 Å². The van der Waals surface area contributed by atoms with Crippen LogP contribution in [0.15, 0.2) is 28.0 Å². The Morgan fingerprint density at radius 2 is 1.92 bits per heavy atom. The number of fused-ring (bicyclic) bond motifs is 5. The molecule has 0 bridgehead atoms. The number of carbonyl (C=O) groups is 1. The van der Waals surface area contributed by atoms with Crippen molar-refractivity contribution in [1.82, 2.24) is 14.3 Å². The van der Waals surface area contributed by atoms with E-state index in [1.165, 1.54) is 17.4 Å². The molecule has 1 aliphatic heterocycles. The standard InChI is InChI=1S/C25H26ClFN4O3S.C2H6/c1-4-34-25(33)20-21(32)16-13-17(27)23(30-11-9-29(10-12-30)14(2)3)28-22(16)31-18-7-5-15(26)6-8-19(18)35-24(20)31;1-2/h5-6,8,13-14H,4,7,9-12H2,1-3H3;1-2H3. The largest absolute Gasteiger partial charge is 0.462 e. The van der Waals surface area contributed by atoms with Crippen molar-refractivity contribution >= 4 is 56.7 Å². The van der Waals surface area contributed by atoms with Crippen LogP contribution in [0.25, 0.3) is 21.9 Å². The monoisotopic (exact) mass is 546 g/mol. The number of thiazole rings is 1. The first-order valence-corrected chi connectivity index (χ1v) is 13.9. The van der Waals surface area contributed by atoms with Crippen LogP contribution in [0.1, 0.15) is 55.5 Å². The van der Waals surface area contributed by atoms with E-state index in [2.05, 4.69) is 18.7 Å². The number of allylic oxidation sites excluding steroid dienone is 3. The lowest BCUT2D eigenvalue weighted by molar-refractivity contribution is 0.0527. The highest BCUT2D eigenvalue weighted by molar-refractivity contribution is 7.18. The maximum absolute atomic E-state index is 15.4. The first kappa shape index (κ1) is 27.3. The number of nitrogens with zero attached hydrogens (tertiary/aromatic N) is 4. The number of anilines is 1. The molecule has 198 valence electrons. The van der Waals surface area contributed by atoms with Gasteiger partial charge in [-0.3, -0.25) is 14.1 Å². The molecule has 1 aliphatic carbocycles. The average Bonchev–Trinajstić information content (AvgIpc) is 3.15. The van der Waals surface area contributed by atoms with Gasteiger partial charge < -0.3 is 9.64 Å². The summed E-state index contributed by atoms with van der Waals surface area (Å²) in [5, 5.41) is 0.650. The van der Waals surface area contributed by atoms with E-state index in [-0.39, 0.29) is 23.4 Å². The van der Waals surface area contributed by atoms with Gasteiger partial charge in [0.25, 0.3) is 0 Å². The highest BCUT2D eigenvalue weighted by atomic mass is 35.5. The third kappa shape index (κ3) is 5.04. The van der Waals surface area contributed by atoms with Crippen LogP contribution in [0.4, 0.5) is 10.2 Å². The molecule has 7 nitrogen and oxygen atoms in total. The Balaban J connectivity index is 0.00000156. The highest BCUT2D eigenvalue weighted by Gasteiger charge is 2.28. The molecule has 5 rings (SSSR count). The van der Waals surface area contributed by atoms with Gasteiger partial charge in [0.05, 0.1) is 12.0 Å².